The number of likely N-dealkylation sites (tertiary alicyclic amines) is 1. The molecule has 0 bridgehead atoms. The number of halogens is 4. The molecule has 22 heteroatoms. The van der Waals surface area contributed by atoms with Gasteiger partial charge < -0.3 is 39.4 Å². The van der Waals surface area contributed by atoms with Crippen LogP contribution < -0.4 is 25.2 Å². The second-order valence-corrected chi connectivity index (χ2v) is 19.6. The molecule has 380 valence electrons. The van der Waals surface area contributed by atoms with Gasteiger partial charge >= 0.3 is 6.18 Å². The van der Waals surface area contributed by atoms with E-state index in [2.05, 4.69) is 20.6 Å². The van der Waals surface area contributed by atoms with Gasteiger partial charge in [-0.3, -0.25) is 24.1 Å². The van der Waals surface area contributed by atoms with Crippen LogP contribution in [0.5, 0.6) is 5.88 Å². The molecule has 4 aromatic rings. The highest BCUT2D eigenvalue weighted by Crippen LogP contribution is 2.42. The molecule has 0 radical (unpaired) electrons. The summed E-state index contributed by atoms with van der Waals surface area (Å²) in [6.07, 6.45) is -2.66. The maximum atomic E-state index is 15.4. The SMILES string of the molecule is Cc1cc(N2C(=S)N(c3ccc(C#N)c(C(F)(F)F)c3F)C(=O)C2(C)C)cnc1OCCOCCOCCOCC(=O)NC(C(=O)N1CCCC1C(=O)NCc1ccc(-c2scnc2C)cc1)C(C)(C)C. The quantitative estimate of drug-likeness (QED) is 0.0522. The summed E-state index contributed by atoms with van der Waals surface area (Å²) in [5, 5.41) is 14.7. The molecule has 2 fully saturated rings. The molecule has 0 saturated carbocycles. The number of carbonyl (C=O) groups is 4. The summed E-state index contributed by atoms with van der Waals surface area (Å²) >= 11 is 7.09. The molecule has 2 saturated heterocycles. The predicted octanol–water partition coefficient (Wildman–Crippen LogP) is 7.04. The minimum Gasteiger partial charge on any atom is -0.475 e. The lowest BCUT2D eigenvalue weighted by atomic mass is 9.85. The summed E-state index contributed by atoms with van der Waals surface area (Å²) in [5.74, 6) is -3.40. The van der Waals surface area contributed by atoms with E-state index in [1.54, 1.807) is 29.2 Å². The van der Waals surface area contributed by atoms with E-state index in [4.69, 9.17) is 36.4 Å². The molecular weight excluding hydrogens is 969 g/mol. The Bertz CT molecular complexity index is 2650. The zero-order chi connectivity index (χ0) is 51.8. The van der Waals surface area contributed by atoms with Crippen LogP contribution >= 0.6 is 23.6 Å². The van der Waals surface area contributed by atoms with Gasteiger partial charge in [-0.2, -0.15) is 18.4 Å². The lowest BCUT2D eigenvalue weighted by molar-refractivity contribution is -0.144. The molecule has 2 aromatic carbocycles. The fourth-order valence-electron chi connectivity index (χ4n) is 8.15. The number of hydrogen-bond acceptors (Lipinski definition) is 13. The first-order valence-electron chi connectivity index (χ1n) is 22.7. The number of amides is 4. The number of aromatic nitrogens is 2. The number of nitrogens with zero attached hydrogens (tertiary/aromatic N) is 6. The third-order valence-electron chi connectivity index (χ3n) is 11.8. The number of thiazole rings is 1. The zero-order valence-electron chi connectivity index (χ0n) is 40.4. The largest absolute Gasteiger partial charge is 0.475 e. The fourth-order valence-corrected chi connectivity index (χ4v) is 9.48. The molecular formula is C49H56F4N8O8S2. The average molecular weight is 1030 g/mol. The first kappa shape index (κ1) is 54.2. The highest BCUT2D eigenvalue weighted by molar-refractivity contribution is 7.81. The Kier molecular flexibility index (Phi) is 17.5. The molecule has 2 aliphatic rings. The van der Waals surface area contributed by atoms with Crippen LogP contribution in [0.3, 0.4) is 0 Å². The number of nitrogens with one attached hydrogen (secondary N) is 2. The van der Waals surface area contributed by atoms with Gasteiger partial charge in [-0.25, -0.2) is 14.4 Å². The lowest BCUT2D eigenvalue weighted by Gasteiger charge is -2.35. The molecule has 6 rings (SSSR count). The Morgan fingerprint density at radius 2 is 1.65 bits per heavy atom. The molecule has 2 atom stereocenters. The summed E-state index contributed by atoms with van der Waals surface area (Å²) in [7, 11) is 0. The Hall–Kier alpha value is -6.12. The number of hydrogen-bond donors (Lipinski definition) is 2. The molecule has 4 amide bonds. The second kappa shape index (κ2) is 23.0. The number of carbonyl (C=O) groups excluding carboxylic acids is 4. The number of ether oxygens (including phenoxy) is 4. The summed E-state index contributed by atoms with van der Waals surface area (Å²) in [6, 6.07) is 11.0. The number of pyridine rings is 1. The van der Waals surface area contributed by atoms with Crippen molar-refractivity contribution in [1.82, 2.24) is 25.5 Å². The third kappa shape index (κ3) is 12.7. The molecule has 2 aromatic heterocycles. The van der Waals surface area contributed by atoms with Crippen molar-refractivity contribution in [2.24, 2.45) is 5.41 Å². The van der Waals surface area contributed by atoms with Crippen LogP contribution in [0.15, 0.2) is 54.2 Å². The number of nitriles is 1. The van der Waals surface area contributed by atoms with Crippen LogP contribution in [0.1, 0.15) is 75.4 Å². The molecule has 16 nitrogen and oxygen atoms in total. The second-order valence-electron chi connectivity index (χ2n) is 18.4. The number of anilines is 2. The standard InChI is InChI=1S/C49H56F4N8O8S2/c1-29-23-34(61-46(70)60(45(65)48(61,6)7)35-15-14-33(24-54)38(39(35)50)49(51,52)53)26-56-43(29)69-22-21-67-18-17-66-19-20-68-27-37(62)58-41(47(3,4)5)44(64)59-16-8-9-36(59)42(63)55-25-31-10-12-32(13-11-31)40-30(2)57-28-71-40/h10-15,23,26,28,36,41H,8-9,16-22,25,27H2,1-7H3,(H,55,63)(H,58,62). The Morgan fingerprint density at radius 1 is 0.986 bits per heavy atom. The van der Waals surface area contributed by atoms with Crippen molar-refractivity contribution in [3.63, 3.8) is 0 Å². The van der Waals surface area contributed by atoms with Crippen molar-refractivity contribution in [2.75, 3.05) is 62.6 Å². The van der Waals surface area contributed by atoms with E-state index in [0.717, 1.165) is 33.8 Å². The highest BCUT2D eigenvalue weighted by Gasteiger charge is 2.52. The van der Waals surface area contributed by atoms with Crippen LogP contribution in [0.25, 0.3) is 10.4 Å². The number of thiocarbonyl (C=S) groups is 1. The maximum absolute atomic E-state index is 15.4. The predicted molar refractivity (Wildman–Crippen MR) is 260 cm³/mol. The summed E-state index contributed by atoms with van der Waals surface area (Å²) in [5.41, 5.74) is 0.0220. The topological polar surface area (TPSA) is 189 Å². The number of benzene rings is 2. The molecule has 71 heavy (non-hydrogen) atoms. The monoisotopic (exact) mass is 1020 g/mol. The zero-order valence-corrected chi connectivity index (χ0v) is 42.0. The maximum Gasteiger partial charge on any atom is 0.420 e. The highest BCUT2D eigenvalue weighted by atomic mass is 32.1. The first-order valence-corrected chi connectivity index (χ1v) is 24.0. The minimum absolute atomic E-state index is 0.102. The van der Waals surface area contributed by atoms with Crippen molar-refractivity contribution in [3.8, 4) is 22.4 Å². The Morgan fingerprint density at radius 3 is 2.25 bits per heavy atom. The van der Waals surface area contributed by atoms with Crippen LogP contribution in [-0.4, -0.2) is 114 Å². The van der Waals surface area contributed by atoms with Gasteiger partial charge in [-0.05, 0) is 87.5 Å². The molecule has 0 spiro atoms. The van der Waals surface area contributed by atoms with Crippen LogP contribution in [0.4, 0.5) is 28.9 Å². The minimum atomic E-state index is -5.20. The van der Waals surface area contributed by atoms with E-state index in [-0.39, 0.29) is 69.1 Å². The smallest absolute Gasteiger partial charge is 0.420 e. The van der Waals surface area contributed by atoms with E-state index < -0.39 is 63.7 Å². The molecule has 2 unspecified atom stereocenters. The van der Waals surface area contributed by atoms with E-state index in [1.807, 2.05) is 57.5 Å². The van der Waals surface area contributed by atoms with Gasteiger partial charge in [0.1, 0.15) is 36.4 Å². The summed E-state index contributed by atoms with van der Waals surface area (Å²) in [4.78, 5) is 67.2. The van der Waals surface area contributed by atoms with E-state index in [0.29, 0.717) is 42.1 Å². The van der Waals surface area contributed by atoms with Gasteiger partial charge in [0.15, 0.2) is 10.9 Å². The van der Waals surface area contributed by atoms with Crippen LogP contribution in [0, 0.1) is 36.4 Å². The van der Waals surface area contributed by atoms with Gasteiger partial charge in [0.25, 0.3) is 5.91 Å². The molecule has 2 aliphatic heterocycles. The van der Waals surface area contributed by atoms with Crippen molar-refractivity contribution in [2.45, 2.75) is 91.7 Å². The van der Waals surface area contributed by atoms with Gasteiger partial charge in [-0.1, -0.05) is 45.0 Å². The van der Waals surface area contributed by atoms with Crippen molar-refractivity contribution < 1.29 is 55.7 Å². The van der Waals surface area contributed by atoms with E-state index >= 15 is 4.39 Å². The van der Waals surface area contributed by atoms with Crippen LogP contribution in [0.2, 0.25) is 0 Å². The lowest BCUT2D eigenvalue weighted by Crippen LogP contribution is -2.58. The van der Waals surface area contributed by atoms with Crippen LogP contribution in [-0.2, 0) is 46.1 Å². The molecule has 0 aliphatic carbocycles. The number of alkyl halides is 3. The van der Waals surface area contributed by atoms with Gasteiger partial charge in [0.05, 0.1) is 78.3 Å². The molecule has 2 N–H and O–H groups in total. The summed E-state index contributed by atoms with van der Waals surface area (Å²) < 4.78 is 79.1. The molecule has 4 heterocycles. The average Bonchev–Trinajstić information content (AvgIpc) is 4.02. The van der Waals surface area contributed by atoms with Gasteiger partial charge in [0, 0.05) is 18.7 Å². The first-order chi connectivity index (χ1) is 33.6. The Balaban J connectivity index is 0.878. The number of aryl methyl sites for hydroxylation is 2. The summed E-state index contributed by atoms with van der Waals surface area (Å²) in [6.45, 7) is 13.6. The van der Waals surface area contributed by atoms with Gasteiger partial charge in [0.2, 0.25) is 23.6 Å². The third-order valence-corrected chi connectivity index (χ3v) is 13.2. The van der Waals surface area contributed by atoms with Crippen molar-refractivity contribution in [1.29, 1.82) is 5.26 Å². The normalized spacial score (nSPS) is 16.3. The number of rotatable bonds is 20. The fraction of sp³-hybridized carbons (Fsp3) is 0.469. The van der Waals surface area contributed by atoms with E-state index in [1.165, 1.54) is 31.0 Å². The van der Waals surface area contributed by atoms with E-state index in [9.17, 15) is 32.3 Å². The van der Waals surface area contributed by atoms with Gasteiger partial charge in [-0.15, -0.1) is 11.3 Å². The Labute approximate surface area is 418 Å². The van der Waals surface area contributed by atoms with Crippen molar-refractivity contribution >= 4 is 63.7 Å². The van der Waals surface area contributed by atoms with Crippen molar-refractivity contribution in [3.05, 3.63) is 87.9 Å².